The Morgan fingerprint density at radius 3 is 2.85 bits per heavy atom. The lowest BCUT2D eigenvalue weighted by Gasteiger charge is -2.32. The average molecular weight is 358 g/mol. The number of primary amides is 1. The predicted octanol–water partition coefficient (Wildman–Crippen LogP) is 2.26. The van der Waals surface area contributed by atoms with E-state index in [1.54, 1.807) is 0 Å². The molecule has 1 amide bonds. The average Bonchev–Trinajstić information content (AvgIpc) is 2.58. The molecule has 8 heteroatoms. The van der Waals surface area contributed by atoms with E-state index in [1.807, 2.05) is 31.2 Å². The number of carbonyl (C=O) groups excluding carboxylic acids is 1. The van der Waals surface area contributed by atoms with E-state index in [0.29, 0.717) is 6.42 Å². The lowest BCUT2D eigenvalue weighted by atomic mass is 9.89. The normalized spacial score (nSPS) is 22.7. The van der Waals surface area contributed by atoms with Gasteiger partial charge in [-0.3, -0.25) is 4.79 Å². The number of aryl methyl sites for hydroxylation is 1. The third-order valence-corrected chi connectivity index (χ3v) is 4.50. The monoisotopic (exact) mass is 358 g/mol. The molecule has 6 N–H and O–H groups in total. The van der Waals surface area contributed by atoms with Gasteiger partial charge < -0.3 is 22.1 Å². The molecule has 0 saturated heterocycles. The van der Waals surface area contributed by atoms with E-state index in [2.05, 4.69) is 20.6 Å². The Bertz CT molecular complexity index is 789. The van der Waals surface area contributed by atoms with Crippen LogP contribution in [0.3, 0.4) is 0 Å². The van der Waals surface area contributed by atoms with Crippen LogP contribution in [0, 0.1) is 6.92 Å². The Kier molecular flexibility index (Phi) is 5.32. The van der Waals surface area contributed by atoms with Crippen molar-refractivity contribution >= 4 is 23.4 Å². The summed E-state index contributed by atoms with van der Waals surface area (Å²) in [5.41, 5.74) is 13.4. The zero-order chi connectivity index (χ0) is 18.7. The Morgan fingerprint density at radius 1 is 1.35 bits per heavy atom. The minimum Gasteiger partial charge on any atom is -0.365 e. The van der Waals surface area contributed by atoms with Crippen LogP contribution >= 0.6 is 0 Å². The molecule has 1 heterocycles. The zero-order valence-corrected chi connectivity index (χ0v) is 14.6. The number of nitrogens with zero attached hydrogens (tertiary/aromatic N) is 2. The summed E-state index contributed by atoms with van der Waals surface area (Å²) in [6.45, 7) is 1.96. The van der Waals surface area contributed by atoms with Gasteiger partial charge >= 0.3 is 0 Å². The molecule has 2 aromatic rings. The summed E-state index contributed by atoms with van der Waals surface area (Å²) in [5, 5.41) is 6.05. The second kappa shape index (κ2) is 7.65. The van der Waals surface area contributed by atoms with Crippen molar-refractivity contribution in [3.05, 3.63) is 41.6 Å². The zero-order valence-electron chi connectivity index (χ0n) is 14.6. The Morgan fingerprint density at radius 2 is 2.15 bits per heavy atom. The van der Waals surface area contributed by atoms with E-state index in [-0.39, 0.29) is 23.4 Å². The van der Waals surface area contributed by atoms with Crippen molar-refractivity contribution in [2.45, 2.75) is 44.4 Å². The van der Waals surface area contributed by atoms with Crippen LogP contribution in [0.25, 0.3) is 0 Å². The quantitative estimate of drug-likeness (QED) is 0.651. The molecule has 0 radical (unpaired) electrons. The summed E-state index contributed by atoms with van der Waals surface area (Å²) < 4.78 is 14.2. The van der Waals surface area contributed by atoms with Crippen molar-refractivity contribution in [1.82, 2.24) is 9.97 Å². The van der Waals surface area contributed by atoms with Crippen molar-refractivity contribution in [3.8, 4) is 0 Å². The summed E-state index contributed by atoms with van der Waals surface area (Å²) in [6.07, 6.45) is 2.23. The van der Waals surface area contributed by atoms with Crippen LogP contribution in [-0.2, 0) is 0 Å². The Hall–Kier alpha value is -2.74. The van der Waals surface area contributed by atoms with Crippen molar-refractivity contribution in [2.75, 3.05) is 10.6 Å². The molecule has 26 heavy (non-hydrogen) atoms. The number of benzene rings is 1. The standard InChI is InChI=1S/C18H23FN6O/c1-10-4-2-5-11(8-10)23-17-12(16(21)26)9-22-18(25-17)24-15-13(19)6-3-7-14(15)20/h2,4-5,8-9,13-15H,3,6-7,20H2,1H3,(H2,21,26)(H2,22,23,24,25). The number of aromatic nitrogens is 2. The van der Waals surface area contributed by atoms with Gasteiger partial charge in [0.05, 0.1) is 6.04 Å². The van der Waals surface area contributed by atoms with Crippen LogP contribution in [0.1, 0.15) is 35.2 Å². The number of alkyl halides is 1. The lowest BCUT2D eigenvalue weighted by Crippen LogP contribution is -2.49. The third kappa shape index (κ3) is 4.08. The van der Waals surface area contributed by atoms with Crippen LogP contribution in [0.2, 0.25) is 0 Å². The lowest BCUT2D eigenvalue weighted by molar-refractivity contribution is 0.100. The van der Waals surface area contributed by atoms with E-state index >= 15 is 0 Å². The van der Waals surface area contributed by atoms with Gasteiger partial charge in [-0.1, -0.05) is 12.1 Å². The first-order valence-electron chi connectivity index (χ1n) is 8.61. The van der Waals surface area contributed by atoms with Gasteiger partial charge in [0.1, 0.15) is 17.6 Å². The highest BCUT2D eigenvalue weighted by Gasteiger charge is 2.31. The number of halogens is 1. The van der Waals surface area contributed by atoms with Gasteiger partial charge in [0.15, 0.2) is 0 Å². The van der Waals surface area contributed by atoms with Gasteiger partial charge in [-0.05, 0) is 43.9 Å². The number of nitrogens with two attached hydrogens (primary N) is 2. The number of amides is 1. The molecule has 3 rings (SSSR count). The number of anilines is 3. The van der Waals surface area contributed by atoms with E-state index in [9.17, 15) is 9.18 Å². The number of nitrogens with one attached hydrogen (secondary N) is 2. The molecular formula is C18H23FN6O. The summed E-state index contributed by atoms with van der Waals surface area (Å²) in [5.74, 6) is -0.181. The molecule has 138 valence electrons. The molecular weight excluding hydrogens is 335 g/mol. The van der Waals surface area contributed by atoms with Gasteiger partial charge in [-0.2, -0.15) is 4.98 Å². The van der Waals surface area contributed by atoms with Gasteiger partial charge in [0.25, 0.3) is 5.91 Å². The maximum absolute atomic E-state index is 14.2. The molecule has 0 spiro atoms. The molecule has 0 aliphatic heterocycles. The van der Waals surface area contributed by atoms with E-state index in [1.165, 1.54) is 6.20 Å². The molecule has 1 aromatic carbocycles. The molecule has 1 saturated carbocycles. The minimum atomic E-state index is -1.06. The summed E-state index contributed by atoms with van der Waals surface area (Å²) in [6, 6.07) is 6.73. The molecule has 1 aromatic heterocycles. The SMILES string of the molecule is Cc1cccc(Nc2nc(NC3C(N)CCCC3F)ncc2C(N)=O)c1. The second-order valence-electron chi connectivity index (χ2n) is 6.60. The molecule has 0 bridgehead atoms. The number of hydrogen-bond donors (Lipinski definition) is 4. The second-order valence-corrected chi connectivity index (χ2v) is 6.60. The number of hydrogen-bond acceptors (Lipinski definition) is 6. The van der Waals surface area contributed by atoms with Crippen LogP contribution in [0.4, 0.5) is 21.8 Å². The van der Waals surface area contributed by atoms with Crippen LogP contribution in [0.15, 0.2) is 30.5 Å². The van der Waals surface area contributed by atoms with Gasteiger partial charge in [-0.15, -0.1) is 0 Å². The summed E-state index contributed by atoms with van der Waals surface area (Å²) in [7, 11) is 0. The van der Waals surface area contributed by atoms with Crippen LogP contribution < -0.4 is 22.1 Å². The molecule has 1 fully saturated rings. The van der Waals surface area contributed by atoms with Gasteiger partial charge in [0, 0.05) is 17.9 Å². The fraction of sp³-hybridized carbons (Fsp3) is 0.389. The van der Waals surface area contributed by atoms with Crippen molar-refractivity contribution in [2.24, 2.45) is 11.5 Å². The largest absolute Gasteiger partial charge is 0.365 e. The van der Waals surface area contributed by atoms with E-state index in [0.717, 1.165) is 24.1 Å². The predicted molar refractivity (Wildman–Crippen MR) is 99.1 cm³/mol. The summed E-state index contributed by atoms with van der Waals surface area (Å²) >= 11 is 0. The van der Waals surface area contributed by atoms with Crippen LogP contribution in [-0.4, -0.2) is 34.1 Å². The van der Waals surface area contributed by atoms with Crippen LogP contribution in [0.5, 0.6) is 0 Å². The highest BCUT2D eigenvalue weighted by Crippen LogP contribution is 2.25. The van der Waals surface area contributed by atoms with E-state index in [4.69, 9.17) is 11.5 Å². The Balaban J connectivity index is 1.87. The first-order chi connectivity index (χ1) is 12.4. The maximum Gasteiger partial charge on any atom is 0.254 e. The molecule has 1 aliphatic carbocycles. The topological polar surface area (TPSA) is 119 Å². The van der Waals surface area contributed by atoms with E-state index < -0.39 is 18.1 Å². The smallest absolute Gasteiger partial charge is 0.254 e. The van der Waals surface area contributed by atoms with Crippen molar-refractivity contribution in [3.63, 3.8) is 0 Å². The fourth-order valence-electron chi connectivity index (χ4n) is 3.11. The van der Waals surface area contributed by atoms with Gasteiger partial charge in [0.2, 0.25) is 5.95 Å². The first-order valence-corrected chi connectivity index (χ1v) is 8.61. The highest BCUT2D eigenvalue weighted by atomic mass is 19.1. The third-order valence-electron chi connectivity index (χ3n) is 4.50. The molecule has 3 unspecified atom stereocenters. The van der Waals surface area contributed by atoms with Crippen molar-refractivity contribution in [1.29, 1.82) is 0 Å². The molecule has 3 atom stereocenters. The number of carbonyl (C=O) groups is 1. The minimum absolute atomic E-state index is 0.154. The fourth-order valence-corrected chi connectivity index (χ4v) is 3.11. The number of rotatable bonds is 5. The molecule has 7 nitrogen and oxygen atoms in total. The molecule has 1 aliphatic rings. The Labute approximate surface area is 151 Å². The maximum atomic E-state index is 14.2. The first kappa shape index (κ1) is 18.1. The highest BCUT2D eigenvalue weighted by molar-refractivity contribution is 5.98. The summed E-state index contributed by atoms with van der Waals surface area (Å²) in [4.78, 5) is 20.1. The van der Waals surface area contributed by atoms with Crippen molar-refractivity contribution < 1.29 is 9.18 Å². The van der Waals surface area contributed by atoms with Gasteiger partial charge in [-0.25, -0.2) is 9.37 Å².